The first-order valence-corrected chi connectivity index (χ1v) is 6.62. The summed E-state index contributed by atoms with van der Waals surface area (Å²) in [5.74, 6) is 5.56. The van der Waals surface area contributed by atoms with E-state index in [-0.39, 0.29) is 5.56 Å². The molecule has 0 heterocycles. The first-order chi connectivity index (χ1) is 9.44. The van der Waals surface area contributed by atoms with Gasteiger partial charge in [-0.15, -0.1) is 0 Å². The number of halogens is 3. The van der Waals surface area contributed by atoms with Crippen molar-refractivity contribution in [2.75, 3.05) is 7.11 Å². The molecule has 1 atom stereocenters. The van der Waals surface area contributed by atoms with Gasteiger partial charge in [0.25, 0.3) is 0 Å². The quantitative estimate of drug-likeness (QED) is 0.661. The Hall–Kier alpha value is -1.11. The molecule has 1 aliphatic rings. The van der Waals surface area contributed by atoms with Gasteiger partial charge >= 0.3 is 6.18 Å². The molecule has 1 aliphatic carbocycles. The number of rotatable bonds is 4. The van der Waals surface area contributed by atoms with Gasteiger partial charge in [-0.1, -0.05) is 31.0 Å². The van der Waals surface area contributed by atoms with Crippen molar-refractivity contribution < 1.29 is 17.9 Å². The highest BCUT2D eigenvalue weighted by Gasteiger charge is 2.45. The second-order valence-electron chi connectivity index (χ2n) is 5.16. The molecule has 0 saturated heterocycles. The Bertz CT molecular complexity index is 456. The summed E-state index contributed by atoms with van der Waals surface area (Å²) < 4.78 is 45.0. The summed E-state index contributed by atoms with van der Waals surface area (Å²) >= 11 is 0. The number of hydrogen-bond acceptors (Lipinski definition) is 3. The van der Waals surface area contributed by atoms with Gasteiger partial charge in [-0.2, -0.15) is 13.2 Å². The lowest BCUT2D eigenvalue weighted by molar-refractivity contribution is -0.139. The van der Waals surface area contributed by atoms with Gasteiger partial charge in [0.15, 0.2) is 0 Å². The van der Waals surface area contributed by atoms with E-state index in [0.29, 0.717) is 12.8 Å². The first-order valence-electron chi connectivity index (χ1n) is 6.62. The molecule has 0 spiro atoms. The third-order valence-corrected chi connectivity index (χ3v) is 4.13. The van der Waals surface area contributed by atoms with Crippen LogP contribution >= 0.6 is 0 Å². The molecule has 0 radical (unpaired) electrons. The van der Waals surface area contributed by atoms with Crippen molar-refractivity contribution in [1.29, 1.82) is 0 Å². The van der Waals surface area contributed by atoms with E-state index in [4.69, 9.17) is 10.6 Å². The van der Waals surface area contributed by atoms with E-state index in [0.717, 1.165) is 18.9 Å². The predicted octanol–water partition coefficient (Wildman–Crippen LogP) is 3.17. The summed E-state index contributed by atoms with van der Waals surface area (Å²) in [6.07, 6.45) is -1.14. The molecule has 1 unspecified atom stereocenters. The van der Waals surface area contributed by atoms with Crippen molar-refractivity contribution in [2.24, 2.45) is 5.84 Å². The Balaban J connectivity index is 2.47. The van der Waals surface area contributed by atoms with Gasteiger partial charge < -0.3 is 4.74 Å². The van der Waals surface area contributed by atoms with Crippen LogP contribution in [0.2, 0.25) is 0 Å². The minimum atomic E-state index is -4.40. The molecule has 0 amide bonds. The van der Waals surface area contributed by atoms with E-state index < -0.39 is 23.4 Å². The van der Waals surface area contributed by atoms with E-state index >= 15 is 0 Å². The molecule has 6 heteroatoms. The normalized spacial score (nSPS) is 20.1. The lowest BCUT2D eigenvalue weighted by Crippen LogP contribution is -2.47. The minimum absolute atomic E-state index is 0.145. The standard InChI is InChI=1S/C14H19F3N2O/c1-20-13(8-4-5-9-13)12(19-18)10-6-2-3-7-11(10)14(15,16)17/h2-3,6-7,12,19H,4-5,8-9,18H2,1H3. The molecular weight excluding hydrogens is 269 g/mol. The average molecular weight is 288 g/mol. The lowest BCUT2D eigenvalue weighted by atomic mass is 9.85. The molecule has 0 bridgehead atoms. The fraction of sp³-hybridized carbons (Fsp3) is 0.571. The third-order valence-electron chi connectivity index (χ3n) is 4.13. The van der Waals surface area contributed by atoms with E-state index in [2.05, 4.69) is 5.43 Å². The van der Waals surface area contributed by atoms with E-state index in [1.165, 1.54) is 19.2 Å². The van der Waals surface area contributed by atoms with Crippen molar-refractivity contribution in [1.82, 2.24) is 5.43 Å². The molecule has 1 aromatic carbocycles. The zero-order chi connectivity index (χ0) is 14.8. The van der Waals surface area contributed by atoms with Gasteiger partial charge in [-0.25, -0.2) is 0 Å². The Morgan fingerprint density at radius 2 is 1.85 bits per heavy atom. The van der Waals surface area contributed by atoms with Crippen molar-refractivity contribution in [3.63, 3.8) is 0 Å². The number of nitrogens with two attached hydrogens (primary N) is 1. The lowest BCUT2D eigenvalue weighted by Gasteiger charge is -2.37. The highest BCUT2D eigenvalue weighted by Crippen LogP contribution is 2.45. The molecule has 1 aromatic rings. The van der Waals surface area contributed by atoms with Gasteiger partial charge in [-0.05, 0) is 24.5 Å². The number of ether oxygens (including phenoxy) is 1. The maximum atomic E-state index is 13.2. The molecule has 1 fully saturated rings. The zero-order valence-electron chi connectivity index (χ0n) is 11.3. The first kappa shape index (κ1) is 15.3. The largest absolute Gasteiger partial charge is 0.416 e. The fourth-order valence-electron chi connectivity index (χ4n) is 3.12. The second-order valence-corrected chi connectivity index (χ2v) is 5.16. The van der Waals surface area contributed by atoms with Crippen molar-refractivity contribution >= 4 is 0 Å². The zero-order valence-corrected chi connectivity index (χ0v) is 11.3. The van der Waals surface area contributed by atoms with E-state index in [1.54, 1.807) is 6.07 Å². The van der Waals surface area contributed by atoms with Crippen LogP contribution in [0.4, 0.5) is 13.2 Å². The minimum Gasteiger partial charge on any atom is -0.376 e. The van der Waals surface area contributed by atoms with E-state index in [9.17, 15) is 13.2 Å². The van der Waals surface area contributed by atoms with E-state index in [1.807, 2.05) is 0 Å². The molecule has 0 aromatic heterocycles. The number of nitrogens with one attached hydrogen (secondary N) is 1. The number of hydrogen-bond donors (Lipinski definition) is 2. The monoisotopic (exact) mass is 288 g/mol. The Morgan fingerprint density at radius 1 is 1.25 bits per heavy atom. The molecular formula is C14H19F3N2O. The topological polar surface area (TPSA) is 47.3 Å². The Morgan fingerprint density at radius 3 is 2.35 bits per heavy atom. The SMILES string of the molecule is COC1(C(NN)c2ccccc2C(F)(F)F)CCCC1. The van der Waals surface area contributed by atoms with Crippen LogP contribution in [-0.2, 0) is 10.9 Å². The summed E-state index contributed by atoms with van der Waals surface area (Å²) in [5, 5.41) is 0. The van der Waals surface area contributed by atoms with Crippen LogP contribution in [0.15, 0.2) is 24.3 Å². The highest BCUT2D eigenvalue weighted by molar-refractivity contribution is 5.34. The van der Waals surface area contributed by atoms with Crippen molar-refractivity contribution in [3.8, 4) is 0 Å². The summed E-state index contributed by atoms with van der Waals surface area (Å²) in [6.45, 7) is 0. The van der Waals surface area contributed by atoms with Crippen LogP contribution in [0.3, 0.4) is 0 Å². The summed E-state index contributed by atoms with van der Waals surface area (Å²) in [4.78, 5) is 0. The Kier molecular flexibility index (Phi) is 4.36. The van der Waals surface area contributed by atoms with Crippen molar-refractivity contribution in [2.45, 2.75) is 43.5 Å². The summed E-state index contributed by atoms with van der Waals surface area (Å²) in [5.41, 5.74) is 1.35. The Labute approximate surface area is 116 Å². The maximum Gasteiger partial charge on any atom is 0.416 e. The molecule has 3 nitrogen and oxygen atoms in total. The third kappa shape index (κ3) is 2.68. The smallest absolute Gasteiger partial charge is 0.376 e. The summed E-state index contributed by atoms with van der Waals surface area (Å²) in [6, 6.07) is 4.85. The fourth-order valence-corrected chi connectivity index (χ4v) is 3.12. The molecule has 20 heavy (non-hydrogen) atoms. The molecule has 112 valence electrons. The number of alkyl halides is 3. The van der Waals surface area contributed by atoms with Gasteiger partial charge in [-0.3, -0.25) is 11.3 Å². The number of benzene rings is 1. The predicted molar refractivity (Wildman–Crippen MR) is 69.7 cm³/mol. The van der Waals surface area contributed by atoms with Crippen LogP contribution in [0.1, 0.15) is 42.9 Å². The van der Waals surface area contributed by atoms with Crippen LogP contribution in [0.5, 0.6) is 0 Å². The van der Waals surface area contributed by atoms with Crippen LogP contribution < -0.4 is 11.3 Å². The van der Waals surface area contributed by atoms with Gasteiger partial charge in [0.1, 0.15) is 0 Å². The van der Waals surface area contributed by atoms with Crippen LogP contribution in [0.25, 0.3) is 0 Å². The van der Waals surface area contributed by atoms with Gasteiger partial charge in [0.05, 0.1) is 17.2 Å². The van der Waals surface area contributed by atoms with Crippen LogP contribution in [-0.4, -0.2) is 12.7 Å². The van der Waals surface area contributed by atoms with Gasteiger partial charge in [0, 0.05) is 7.11 Å². The van der Waals surface area contributed by atoms with Crippen LogP contribution in [0, 0.1) is 0 Å². The molecule has 1 saturated carbocycles. The average Bonchev–Trinajstić information content (AvgIpc) is 2.89. The molecule has 2 rings (SSSR count). The number of methoxy groups -OCH3 is 1. The van der Waals surface area contributed by atoms with Crippen molar-refractivity contribution in [3.05, 3.63) is 35.4 Å². The second kappa shape index (κ2) is 5.71. The molecule has 3 N–H and O–H groups in total. The number of hydrazine groups is 1. The summed E-state index contributed by atoms with van der Waals surface area (Å²) in [7, 11) is 1.53. The molecule has 0 aliphatic heterocycles. The highest BCUT2D eigenvalue weighted by atomic mass is 19.4. The maximum absolute atomic E-state index is 13.2. The van der Waals surface area contributed by atoms with Gasteiger partial charge in [0.2, 0.25) is 0 Å².